The minimum absolute atomic E-state index is 0.0141. The molecule has 6 rings (SSSR count). The molecule has 1 N–H and O–H groups in total. The summed E-state index contributed by atoms with van der Waals surface area (Å²) in [7, 11) is 0. The summed E-state index contributed by atoms with van der Waals surface area (Å²) in [6.07, 6.45) is 0.758. The van der Waals surface area contributed by atoms with Crippen LogP contribution in [-0.4, -0.2) is 22.7 Å². The van der Waals surface area contributed by atoms with Crippen molar-refractivity contribution in [2.75, 3.05) is 6.61 Å². The van der Waals surface area contributed by atoms with E-state index in [2.05, 4.69) is 4.98 Å². The maximum Gasteiger partial charge on any atom is 0.304 e. The van der Waals surface area contributed by atoms with E-state index in [0.29, 0.717) is 59.5 Å². The third kappa shape index (κ3) is 3.95. The van der Waals surface area contributed by atoms with Crippen LogP contribution in [0, 0.1) is 12.7 Å². The number of rotatable bonds is 6. The Morgan fingerprint density at radius 1 is 1.17 bits per heavy atom. The van der Waals surface area contributed by atoms with Gasteiger partial charge in [0.1, 0.15) is 40.4 Å². The molecular formula is C27H22FNO6. The van der Waals surface area contributed by atoms with Crippen molar-refractivity contribution in [3.63, 3.8) is 0 Å². The third-order valence-corrected chi connectivity index (χ3v) is 6.50. The van der Waals surface area contributed by atoms with Gasteiger partial charge in [-0.2, -0.15) is 0 Å². The number of carbonyl (C=O) groups is 1. The van der Waals surface area contributed by atoms with Crippen molar-refractivity contribution >= 4 is 17.1 Å². The SMILES string of the molecule is Cc1nc2ccc(Oc3ccc(F)c4c3CC[C@H]4Oc3ccc4c(c3)OCC4CC(=O)O)cc2o1. The molecule has 1 aliphatic heterocycles. The van der Waals surface area contributed by atoms with Crippen molar-refractivity contribution in [2.45, 2.75) is 38.2 Å². The van der Waals surface area contributed by atoms with Crippen molar-refractivity contribution < 1.29 is 32.9 Å². The Balaban J connectivity index is 1.24. The molecule has 0 spiro atoms. The molecule has 0 amide bonds. The Bertz CT molecular complexity index is 1460. The number of hydrogen-bond donors (Lipinski definition) is 1. The number of fused-ring (bicyclic) bond motifs is 3. The molecule has 0 radical (unpaired) electrons. The van der Waals surface area contributed by atoms with Crippen LogP contribution in [0.1, 0.15) is 47.4 Å². The summed E-state index contributed by atoms with van der Waals surface area (Å²) in [5.41, 5.74) is 3.50. The maximum absolute atomic E-state index is 14.9. The van der Waals surface area contributed by atoms with Gasteiger partial charge in [0.25, 0.3) is 0 Å². The fourth-order valence-corrected chi connectivity index (χ4v) is 4.94. The molecule has 178 valence electrons. The van der Waals surface area contributed by atoms with Crippen molar-refractivity contribution in [3.8, 4) is 23.0 Å². The normalized spacial score (nSPS) is 18.2. The molecule has 1 aliphatic carbocycles. The largest absolute Gasteiger partial charge is 0.492 e. The summed E-state index contributed by atoms with van der Waals surface area (Å²) in [5, 5.41) is 9.09. The number of nitrogens with zero attached hydrogens (tertiary/aromatic N) is 1. The van der Waals surface area contributed by atoms with Crippen LogP contribution < -0.4 is 14.2 Å². The molecule has 3 aromatic carbocycles. The van der Waals surface area contributed by atoms with E-state index in [-0.39, 0.29) is 18.2 Å². The molecule has 35 heavy (non-hydrogen) atoms. The van der Waals surface area contributed by atoms with Crippen LogP contribution in [0.4, 0.5) is 4.39 Å². The number of carboxylic acids is 1. The Morgan fingerprint density at radius 2 is 2.03 bits per heavy atom. The number of aromatic nitrogens is 1. The van der Waals surface area contributed by atoms with Crippen LogP contribution in [0.5, 0.6) is 23.0 Å². The lowest BCUT2D eigenvalue weighted by molar-refractivity contribution is -0.137. The van der Waals surface area contributed by atoms with Gasteiger partial charge in [-0.25, -0.2) is 9.37 Å². The Kier molecular flexibility index (Phi) is 5.09. The van der Waals surface area contributed by atoms with Crippen LogP contribution in [0.25, 0.3) is 11.1 Å². The second-order valence-corrected chi connectivity index (χ2v) is 8.85. The van der Waals surface area contributed by atoms with E-state index in [0.717, 1.165) is 16.6 Å². The standard InChI is InChI=1S/C27H22FNO6/c1-14-29-21-7-3-17(12-25(21)33-14)34-22-9-6-20(28)27-19(22)5-8-23(27)35-16-2-4-18-15(10-26(30)31)13-32-24(18)11-16/h2-4,6-7,9,11-12,15,23H,5,8,10,13H2,1H3,(H,30,31)/t15?,23-/m1/s1. The minimum Gasteiger partial charge on any atom is -0.492 e. The summed E-state index contributed by atoms with van der Waals surface area (Å²) < 4.78 is 38.5. The summed E-state index contributed by atoms with van der Waals surface area (Å²) in [6.45, 7) is 2.11. The van der Waals surface area contributed by atoms with Crippen LogP contribution in [-0.2, 0) is 11.2 Å². The molecule has 1 unspecified atom stereocenters. The number of halogens is 1. The van der Waals surface area contributed by atoms with Gasteiger partial charge in [0.15, 0.2) is 11.5 Å². The topological polar surface area (TPSA) is 91.0 Å². The average molecular weight is 475 g/mol. The smallest absolute Gasteiger partial charge is 0.304 e. The molecule has 0 bridgehead atoms. The van der Waals surface area contributed by atoms with Crippen LogP contribution in [0.2, 0.25) is 0 Å². The summed E-state index contributed by atoms with van der Waals surface area (Å²) in [5.74, 6) is 1.52. The predicted molar refractivity (Wildman–Crippen MR) is 124 cm³/mol. The number of oxazole rings is 1. The van der Waals surface area contributed by atoms with Gasteiger partial charge in [0, 0.05) is 41.7 Å². The first-order valence-corrected chi connectivity index (χ1v) is 11.5. The van der Waals surface area contributed by atoms with Gasteiger partial charge < -0.3 is 23.7 Å². The molecule has 2 aliphatic rings. The highest BCUT2D eigenvalue weighted by Gasteiger charge is 2.32. The first kappa shape index (κ1) is 21.5. The van der Waals surface area contributed by atoms with Crippen LogP contribution in [0.15, 0.2) is 52.9 Å². The van der Waals surface area contributed by atoms with Crippen molar-refractivity contribution in [3.05, 3.63) is 76.9 Å². The average Bonchev–Trinajstić information content (AvgIpc) is 3.52. The molecule has 4 aromatic rings. The molecule has 2 atom stereocenters. The van der Waals surface area contributed by atoms with E-state index in [9.17, 15) is 9.18 Å². The zero-order valence-corrected chi connectivity index (χ0v) is 18.9. The quantitative estimate of drug-likeness (QED) is 0.361. The van der Waals surface area contributed by atoms with Gasteiger partial charge in [0.05, 0.1) is 13.0 Å². The highest BCUT2D eigenvalue weighted by molar-refractivity contribution is 5.74. The van der Waals surface area contributed by atoms with Gasteiger partial charge in [-0.15, -0.1) is 0 Å². The van der Waals surface area contributed by atoms with Gasteiger partial charge >= 0.3 is 5.97 Å². The number of ether oxygens (including phenoxy) is 3. The van der Waals surface area contributed by atoms with E-state index in [1.165, 1.54) is 6.07 Å². The minimum atomic E-state index is -0.862. The van der Waals surface area contributed by atoms with Crippen molar-refractivity contribution in [1.29, 1.82) is 0 Å². The highest BCUT2D eigenvalue weighted by atomic mass is 19.1. The molecule has 1 aromatic heterocycles. The number of carboxylic acid groups (broad SMARTS) is 1. The van der Waals surface area contributed by atoms with Crippen LogP contribution in [0.3, 0.4) is 0 Å². The monoisotopic (exact) mass is 475 g/mol. The Hall–Kier alpha value is -4.07. The highest BCUT2D eigenvalue weighted by Crippen LogP contribution is 2.44. The summed E-state index contributed by atoms with van der Waals surface area (Å²) >= 11 is 0. The molecular weight excluding hydrogens is 453 g/mol. The lowest BCUT2D eigenvalue weighted by Crippen LogP contribution is -2.07. The summed E-state index contributed by atoms with van der Waals surface area (Å²) in [6, 6.07) is 13.8. The zero-order valence-electron chi connectivity index (χ0n) is 18.9. The number of aryl methyl sites for hydroxylation is 1. The fourth-order valence-electron chi connectivity index (χ4n) is 4.94. The summed E-state index contributed by atoms with van der Waals surface area (Å²) in [4.78, 5) is 15.4. The molecule has 0 fully saturated rings. The van der Waals surface area contributed by atoms with E-state index in [1.807, 2.05) is 18.2 Å². The predicted octanol–water partition coefficient (Wildman–Crippen LogP) is 6.08. The maximum atomic E-state index is 14.9. The second-order valence-electron chi connectivity index (χ2n) is 8.85. The lowest BCUT2D eigenvalue weighted by atomic mass is 9.98. The van der Waals surface area contributed by atoms with Crippen LogP contribution >= 0.6 is 0 Å². The Labute approximate surface area is 200 Å². The van der Waals surface area contributed by atoms with E-state index < -0.39 is 12.1 Å². The number of aliphatic carboxylic acids is 1. The Morgan fingerprint density at radius 3 is 2.89 bits per heavy atom. The van der Waals surface area contributed by atoms with E-state index in [4.69, 9.17) is 23.7 Å². The molecule has 2 heterocycles. The molecule has 8 heteroatoms. The van der Waals surface area contributed by atoms with Gasteiger partial charge in [-0.1, -0.05) is 6.07 Å². The first-order valence-electron chi connectivity index (χ1n) is 11.5. The number of benzene rings is 3. The van der Waals surface area contributed by atoms with E-state index in [1.54, 1.807) is 31.2 Å². The molecule has 0 saturated heterocycles. The van der Waals surface area contributed by atoms with E-state index >= 15 is 0 Å². The zero-order chi connectivity index (χ0) is 24.1. The second kappa shape index (κ2) is 8.30. The number of hydrogen-bond acceptors (Lipinski definition) is 6. The molecule has 0 saturated carbocycles. The van der Waals surface area contributed by atoms with Gasteiger partial charge in [0.2, 0.25) is 0 Å². The molecule has 7 nitrogen and oxygen atoms in total. The van der Waals surface area contributed by atoms with Gasteiger partial charge in [-0.05, 0) is 43.2 Å². The third-order valence-electron chi connectivity index (χ3n) is 6.50. The van der Waals surface area contributed by atoms with Crippen molar-refractivity contribution in [1.82, 2.24) is 4.98 Å². The van der Waals surface area contributed by atoms with Gasteiger partial charge in [-0.3, -0.25) is 4.79 Å². The van der Waals surface area contributed by atoms with Crippen molar-refractivity contribution in [2.24, 2.45) is 0 Å². The first-order chi connectivity index (χ1) is 16.9. The fraction of sp³-hybridized carbons (Fsp3) is 0.259. The lowest BCUT2D eigenvalue weighted by Gasteiger charge is -2.17.